The van der Waals surface area contributed by atoms with Crippen LogP contribution in [-0.2, 0) is 16.1 Å². The molecule has 3 heterocycles. The van der Waals surface area contributed by atoms with Crippen LogP contribution in [0.1, 0.15) is 17.4 Å². The number of furan rings is 1. The Balaban J connectivity index is 1.65. The van der Waals surface area contributed by atoms with E-state index in [9.17, 15) is 9.59 Å². The molecule has 2 N–H and O–H groups in total. The average molecular weight is 297 g/mol. The number of hydrazine groups is 1. The Morgan fingerprint density at radius 1 is 1.05 bits per heavy atom. The first-order valence-electron chi connectivity index (χ1n) is 7.19. The van der Waals surface area contributed by atoms with Gasteiger partial charge in [-0.05, 0) is 17.7 Å². The summed E-state index contributed by atoms with van der Waals surface area (Å²) in [6.45, 7) is 0.542. The van der Waals surface area contributed by atoms with Gasteiger partial charge in [0.1, 0.15) is 11.8 Å². The fraction of sp³-hybridized carbons (Fsp3) is 0.250. The van der Waals surface area contributed by atoms with Crippen molar-refractivity contribution in [3.05, 3.63) is 60.1 Å². The third kappa shape index (κ3) is 2.04. The van der Waals surface area contributed by atoms with Gasteiger partial charge in [0.25, 0.3) is 0 Å². The molecule has 0 radical (unpaired) electrons. The summed E-state index contributed by atoms with van der Waals surface area (Å²) in [6, 6.07) is 12.6. The quantitative estimate of drug-likeness (QED) is 0.826. The number of nitrogens with one attached hydrogen (secondary N) is 2. The Morgan fingerprint density at radius 2 is 1.86 bits per heavy atom. The Kier molecular flexibility index (Phi) is 3.06. The molecule has 6 nitrogen and oxygen atoms in total. The van der Waals surface area contributed by atoms with Crippen LogP contribution in [0.2, 0.25) is 0 Å². The lowest BCUT2D eigenvalue weighted by Gasteiger charge is -2.21. The molecule has 0 bridgehead atoms. The first-order chi connectivity index (χ1) is 10.7. The monoisotopic (exact) mass is 297 g/mol. The largest absolute Gasteiger partial charge is 0.468 e. The van der Waals surface area contributed by atoms with Crippen LogP contribution >= 0.6 is 0 Å². The standard InChI is InChI=1S/C16H15N3O3/c20-15-12-13(11-7-4-8-22-11)18-19(14(12)16(21)17-15)9-10-5-2-1-3-6-10/h1-8,12-14,18H,9H2,(H,17,20,21)/t12-,13+,14-/m1/s1. The number of fused-ring (bicyclic) bond motifs is 1. The van der Waals surface area contributed by atoms with Crippen LogP contribution in [-0.4, -0.2) is 22.9 Å². The highest BCUT2D eigenvalue weighted by Crippen LogP contribution is 2.37. The second-order valence-electron chi connectivity index (χ2n) is 5.56. The average Bonchev–Trinajstić information content (AvgIpc) is 3.20. The molecule has 0 spiro atoms. The zero-order valence-electron chi connectivity index (χ0n) is 11.7. The second-order valence-corrected chi connectivity index (χ2v) is 5.56. The maximum atomic E-state index is 12.1. The number of carbonyl (C=O) groups excluding carboxylic acids is 2. The molecule has 2 aliphatic rings. The third-order valence-electron chi connectivity index (χ3n) is 4.20. The summed E-state index contributed by atoms with van der Waals surface area (Å²) in [5.74, 6) is -0.315. The van der Waals surface area contributed by atoms with Gasteiger partial charge < -0.3 is 4.42 Å². The Morgan fingerprint density at radius 3 is 2.59 bits per heavy atom. The minimum Gasteiger partial charge on any atom is -0.468 e. The van der Waals surface area contributed by atoms with E-state index >= 15 is 0 Å². The molecular weight excluding hydrogens is 282 g/mol. The van der Waals surface area contributed by atoms with E-state index in [0.717, 1.165) is 5.56 Å². The van der Waals surface area contributed by atoms with Crippen molar-refractivity contribution in [1.29, 1.82) is 0 Å². The number of amides is 2. The van der Waals surface area contributed by atoms with Gasteiger partial charge in [0, 0.05) is 6.54 Å². The highest BCUT2D eigenvalue weighted by atomic mass is 16.3. The fourth-order valence-electron chi connectivity index (χ4n) is 3.23. The van der Waals surface area contributed by atoms with Gasteiger partial charge in [0.15, 0.2) is 0 Å². The smallest absolute Gasteiger partial charge is 0.246 e. The zero-order valence-corrected chi connectivity index (χ0v) is 11.7. The molecule has 0 saturated carbocycles. The topological polar surface area (TPSA) is 74.6 Å². The summed E-state index contributed by atoms with van der Waals surface area (Å²) < 4.78 is 5.43. The number of rotatable bonds is 3. The van der Waals surface area contributed by atoms with Gasteiger partial charge in [0.05, 0.1) is 18.2 Å². The van der Waals surface area contributed by atoms with Crippen molar-refractivity contribution >= 4 is 11.8 Å². The lowest BCUT2D eigenvalue weighted by atomic mass is 9.94. The Bertz CT molecular complexity index is 699. The molecule has 2 fully saturated rings. The predicted octanol–water partition coefficient (Wildman–Crippen LogP) is 0.982. The SMILES string of the molecule is O=C1NC(=O)[C@H]2[C@H]1[C@H](c1ccco1)NN2Cc1ccccc1. The highest BCUT2D eigenvalue weighted by molar-refractivity contribution is 6.07. The number of carbonyl (C=O) groups is 2. The summed E-state index contributed by atoms with van der Waals surface area (Å²) in [5.41, 5.74) is 4.33. The molecule has 4 rings (SSSR count). The van der Waals surface area contributed by atoms with E-state index in [1.54, 1.807) is 12.3 Å². The normalized spacial score (nSPS) is 27.9. The maximum absolute atomic E-state index is 12.1. The Hall–Kier alpha value is -2.44. The van der Waals surface area contributed by atoms with E-state index in [0.29, 0.717) is 12.3 Å². The van der Waals surface area contributed by atoms with Crippen molar-refractivity contribution in [1.82, 2.24) is 15.8 Å². The van der Waals surface area contributed by atoms with E-state index in [2.05, 4.69) is 10.7 Å². The van der Waals surface area contributed by atoms with Crippen molar-refractivity contribution in [3.63, 3.8) is 0 Å². The van der Waals surface area contributed by atoms with Gasteiger partial charge in [-0.2, -0.15) is 0 Å². The Labute approximate surface area is 127 Å². The van der Waals surface area contributed by atoms with Gasteiger partial charge in [-0.15, -0.1) is 0 Å². The van der Waals surface area contributed by atoms with Crippen LogP contribution in [0.4, 0.5) is 0 Å². The highest BCUT2D eigenvalue weighted by Gasteiger charge is 2.55. The summed E-state index contributed by atoms with van der Waals surface area (Å²) in [6.07, 6.45) is 1.57. The van der Waals surface area contributed by atoms with Crippen LogP contribution in [0.3, 0.4) is 0 Å². The molecule has 1 aromatic carbocycles. The van der Waals surface area contributed by atoms with Crippen molar-refractivity contribution in [2.45, 2.75) is 18.6 Å². The molecule has 0 aliphatic carbocycles. The molecule has 2 aliphatic heterocycles. The fourth-order valence-corrected chi connectivity index (χ4v) is 3.23. The number of benzene rings is 1. The van der Waals surface area contributed by atoms with Crippen LogP contribution < -0.4 is 10.7 Å². The number of hydrogen-bond donors (Lipinski definition) is 2. The summed E-state index contributed by atoms with van der Waals surface area (Å²) in [4.78, 5) is 24.3. The maximum Gasteiger partial charge on any atom is 0.246 e. The van der Waals surface area contributed by atoms with Gasteiger partial charge in [0.2, 0.25) is 11.8 Å². The molecule has 3 atom stereocenters. The molecule has 112 valence electrons. The van der Waals surface area contributed by atoms with Crippen LogP contribution in [0.25, 0.3) is 0 Å². The van der Waals surface area contributed by atoms with E-state index in [1.807, 2.05) is 41.4 Å². The molecule has 6 heteroatoms. The predicted molar refractivity (Wildman–Crippen MR) is 77.0 cm³/mol. The van der Waals surface area contributed by atoms with Gasteiger partial charge in [-0.1, -0.05) is 30.3 Å². The van der Waals surface area contributed by atoms with Gasteiger partial charge in [-0.25, -0.2) is 10.4 Å². The molecule has 22 heavy (non-hydrogen) atoms. The van der Waals surface area contributed by atoms with Gasteiger partial charge in [-0.3, -0.25) is 14.9 Å². The summed E-state index contributed by atoms with van der Waals surface area (Å²) >= 11 is 0. The zero-order chi connectivity index (χ0) is 15.1. The van der Waals surface area contributed by atoms with Crippen LogP contribution in [0.5, 0.6) is 0 Å². The minimum atomic E-state index is -0.511. The van der Waals surface area contributed by atoms with E-state index < -0.39 is 12.0 Å². The first-order valence-corrected chi connectivity index (χ1v) is 7.19. The minimum absolute atomic E-state index is 0.250. The van der Waals surface area contributed by atoms with Crippen molar-refractivity contribution in [2.24, 2.45) is 5.92 Å². The van der Waals surface area contributed by atoms with Crippen LogP contribution in [0, 0.1) is 5.92 Å². The summed E-state index contributed by atoms with van der Waals surface area (Å²) in [5, 5.41) is 4.25. The van der Waals surface area contributed by atoms with Crippen molar-refractivity contribution in [2.75, 3.05) is 0 Å². The molecule has 1 aromatic heterocycles. The van der Waals surface area contributed by atoms with Crippen molar-refractivity contribution < 1.29 is 14.0 Å². The molecule has 2 aromatic rings. The molecule has 2 saturated heterocycles. The second kappa shape index (κ2) is 5.08. The molecule has 2 amide bonds. The summed E-state index contributed by atoms with van der Waals surface area (Å²) in [7, 11) is 0. The molecular formula is C16H15N3O3. The number of nitrogens with zero attached hydrogens (tertiary/aromatic N) is 1. The third-order valence-corrected chi connectivity index (χ3v) is 4.20. The first kappa shape index (κ1) is 13.2. The van der Waals surface area contributed by atoms with E-state index in [-0.39, 0.29) is 17.9 Å². The number of hydrogen-bond acceptors (Lipinski definition) is 5. The van der Waals surface area contributed by atoms with Crippen molar-refractivity contribution in [3.8, 4) is 0 Å². The lowest BCUT2D eigenvalue weighted by molar-refractivity contribution is -0.127. The van der Waals surface area contributed by atoms with E-state index in [1.165, 1.54) is 0 Å². The lowest BCUT2D eigenvalue weighted by Crippen LogP contribution is -2.43. The number of imide groups is 1. The van der Waals surface area contributed by atoms with Crippen LogP contribution in [0.15, 0.2) is 53.1 Å². The van der Waals surface area contributed by atoms with Gasteiger partial charge >= 0.3 is 0 Å². The molecule has 0 unspecified atom stereocenters. The van der Waals surface area contributed by atoms with E-state index in [4.69, 9.17) is 4.42 Å².